The van der Waals surface area contributed by atoms with Crippen LogP contribution in [0, 0.1) is 4.77 Å². The van der Waals surface area contributed by atoms with E-state index in [4.69, 9.17) is 12.2 Å². The van der Waals surface area contributed by atoms with Crippen LogP contribution >= 0.6 is 12.2 Å². The number of aromatic hydroxyl groups is 1. The largest absolute Gasteiger partial charge is 0.494 e. The highest BCUT2D eigenvalue weighted by Crippen LogP contribution is 2.10. The third-order valence-corrected chi connectivity index (χ3v) is 3.24. The predicted octanol–water partition coefficient (Wildman–Crippen LogP) is 1.40. The van der Waals surface area contributed by atoms with Gasteiger partial charge in [0.15, 0.2) is 4.77 Å². The molecule has 1 amide bonds. The number of aromatic amines is 1. The minimum absolute atomic E-state index is 0.0798. The first-order chi connectivity index (χ1) is 10.5. The average molecular weight is 318 g/mol. The van der Waals surface area contributed by atoms with Gasteiger partial charge in [-0.15, -0.1) is 0 Å². The maximum atomic E-state index is 11.8. The van der Waals surface area contributed by atoms with Crippen LogP contribution in [0.3, 0.4) is 0 Å². The van der Waals surface area contributed by atoms with E-state index in [1.807, 2.05) is 0 Å². The first kappa shape index (κ1) is 15.6. The summed E-state index contributed by atoms with van der Waals surface area (Å²) < 4.78 is 1.47. The zero-order chi connectivity index (χ0) is 16.1. The number of nitrogens with zero attached hydrogens (tertiary/aromatic N) is 2. The fraction of sp³-hybridized carbons (Fsp3) is 0.143. The van der Waals surface area contributed by atoms with Crippen LogP contribution in [0.15, 0.2) is 40.2 Å². The topological polar surface area (TPSA) is 99.5 Å². The van der Waals surface area contributed by atoms with Crippen molar-refractivity contribution < 1.29 is 9.90 Å². The number of rotatable bonds is 4. The molecule has 0 saturated heterocycles. The number of carbonyl (C=O) groups excluding carboxylic acids is 1. The standard InChI is InChI=1S/C14H14N4O3S/c1-2-18-13(21)10(12(20)16-14(18)22)8-15-17-11(19)9-6-4-3-5-7-9/h3-8,21H,2H2,1H3,(H,17,19)(H,16,20,22)/b15-8+. The SMILES string of the molecule is CCn1c(O)c(/C=N/NC(=O)c2ccccc2)c(=O)[nH]c1=S. The summed E-state index contributed by atoms with van der Waals surface area (Å²) in [6.45, 7) is 2.16. The average Bonchev–Trinajstić information content (AvgIpc) is 2.51. The van der Waals surface area contributed by atoms with Gasteiger partial charge < -0.3 is 5.11 Å². The van der Waals surface area contributed by atoms with E-state index in [9.17, 15) is 14.7 Å². The molecule has 22 heavy (non-hydrogen) atoms. The number of hydrazone groups is 1. The molecule has 2 rings (SSSR count). The number of carbonyl (C=O) groups is 1. The molecule has 1 aromatic carbocycles. The quantitative estimate of drug-likeness (QED) is 0.451. The molecule has 0 aliphatic heterocycles. The lowest BCUT2D eigenvalue weighted by atomic mass is 10.2. The summed E-state index contributed by atoms with van der Waals surface area (Å²) in [7, 11) is 0. The Labute approximate surface area is 130 Å². The second-order valence-corrected chi connectivity index (χ2v) is 4.69. The Balaban J connectivity index is 2.23. The molecule has 0 aliphatic carbocycles. The third-order valence-electron chi connectivity index (χ3n) is 2.92. The predicted molar refractivity (Wildman–Crippen MR) is 84.7 cm³/mol. The van der Waals surface area contributed by atoms with Crippen LogP contribution in [0.4, 0.5) is 0 Å². The number of hydrogen-bond acceptors (Lipinski definition) is 5. The van der Waals surface area contributed by atoms with Gasteiger partial charge in [0.25, 0.3) is 11.5 Å². The molecule has 3 N–H and O–H groups in total. The van der Waals surface area contributed by atoms with Crippen molar-refractivity contribution in [2.45, 2.75) is 13.5 Å². The molecular formula is C14H14N4O3S. The third kappa shape index (κ3) is 3.29. The van der Waals surface area contributed by atoms with Gasteiger partial charge in [0.2, 0.25) is 5.88 Å². The van der Waals surface area contributed by atoms with Gasteiger partial charge in [-0.25, -0.2) is 5.43 Å². The summed E-state index contributed by atoms with van der Waals surface area (Å²) in [5, 5.41) is 13.7. The van der Waals surface area contributed by atoms with Gasteiger partial charge in [-0.3, -0.25) is 19.1 Å². The van der Waals surface area contributed by atoms with E-state index in [2.05, 4.69) is 15.5 Å². The first-order valence-corrected chi connectivity index (χ1v) is 6.90. The molecule has 1 heterocycles. The molecule has 0 spiro atoms. The van der Waals surface area contributed by atoms with E-state index < -0.39 is 11.5 Å². The fourth-order valence-electron chi connectivity index (χ4n) is 1.79. The summed E-state index contributed by atoms with van der Waals surface area (Å²) in [5.41, 5.74) is 2.06. The summed E-state index contributed by atoms with van der Waals surface area (Å²) >= 11 is 4.94. The summed E-state index contributed by atoms with van der Waals surface area (Å²) in [4.78, 5) is 26.0. The van der Waals surface area contributed by atoms with Crippen molar-refractivity contribution in [2.24, 2.45) is 5.10 Å². The fourth-order valence-corrected chi connectivity index (χ4v) is 2.10. The van der Waals surface area contributed by atoms with E-state index in [1.54, 1.807) is 37.3 Å². The normalized spacial score (nSPS) is 10.8. The van der Waals surface area contributed by atoms with Crippen LogP contribution in [0.1, 0.15) is 22.8 Å². The molecule has 0 radical (unpaired) electrons. The van der Waals surface area contributed by atoms with Crippen molar-refractivity contribution in [3.8, 4) is 5.88 Å². The van der Waals surface area contributed by atoms with Crippen LogP contribution in [0.25, 0.3) is 0 Å². The summed E-state index contributed by atoms with van der Waals surface area (Å²) in [5.74, 6) is -0.718. The Hall–Kier alpha value is -2.74. The summed E-state index contributed by atoms with van der Waals surface area (Å²) in [6.07, 6.45) is 1.08. The number of aromatic nitrogens is 2. The van der Waals surface area contributed by atoms with Crippen molar-refractivity contribution >= 4 is 24.3 Å². The number of hydrogen-bond donors (Lipinski definition) is 3. The van der Waals surface area contributed by atoms with Gasteiger partial charge in [0, 0.05) is 12.1 Å². The Kier molecular flexibility index (Phi) is 4.84. The lowest BCUT2D eigenvalue weighted by molar-refractivity contribution is 0.0955. The molecule has 2 aromatic rings. The highest BCUT2D eigenvalue weighted by molar-refractivity contribution is 7.71. The Bertz CT molecular complexity index is 824. The van der Waals surface area contributed by atoms with Crippen LogP contribution < -0.4 is 11.0 Å². The molecule has 0 atom stereocenters. The molecular weight excluding hydrogens is 304 g/mol. The van der Waals surface area contributed by atoms with Crippen LogP contribution in [-0.2, 0) is 6.54 Å². The lowest BCUT2D eigenvalue weighted by Gasteiger charge is -2.07. The van der Waals surface area contributed by atoms with Gasteiger partial charge in [-0.1, -0.05) is 18.2 Å². The molecule has 0 aliphatic rings. The van der Waals surface area contributed by atoms with Crippen molar-refractivity contribution in [1.29, 1.82) is 0 Å². The maximum Gasteiger partial charge on any atom is 0.271 e. The highest BCUT2D eigenvalue weighted by atomic mass is 32.1. The molecule has 0 unspecified atom stereocenters. The smallest absolute Gasteiger partial charge is 0.271 e. The van der Waals surface area contributed by atoms with Crippen molar-refractivity contribution in [1.82, 2.24) is 15.0 Å². The second-order valence-electron chi connectivity index (χ2n) is 4.31. The van der Waals surface area contributed by atoms with Crippen LogP contribution in [0.5, 0.6) is 5.88 Å². The maximum absolute atomic E-state index is 11.8. The number of benzene rings is 1. The van der Waals surface area contributed by atoms with Crippen molar-refractivity contribution in [3.05, 3.63) is 56.6 Å². The molecule has 1 aromatic heterocycles. The monoisotopic (exact) mass is 318 g/mol. The van der Waals surface area contributed by atoms with E-state index in [0.717, 1.165) is 6.21 Å². The Morgan fingerprint density at radius 1 is 1.45 bits per heavy atom. The second kappa shape index (κ2) is 6.81. The Morgan fingerprint density at radius 3 is 2.77 bits per heavy atom. The van der Waals surface area contributed by atoms with Gasteiger partial charge in [0.1, 0.15) is 5.56 Å². The summed E-state index contributed by atoms with van der Waals surface area (Å²) in [6, 6.07) is 8.50. The first-order valence-electron chi connectivity index (χ1n) is 6.49. The molecule has 7 nitrogen and oxygen atoms in total. The number of nitrogens with one attached hydrogen (secondary N) is 2. The minimum atomic E-state index is -0.579. The van der Waals surface area contributed by atoms with Gasteiger partial charge >= 0.3 is 0 Å². The zero-order valence-corrected chi connectivity index (χ0v) is 12.6. The molecule has 0 bridgehead atoms. The van der Waals surface area contributed by atoms with E-state index in [-0.39, 0.29) is 16.2 Å². The molecule has 0 fully saturated rings. The molecule has 0 saturated carbocycles. The molecule has 114 valence electrons. The van der Waals surface area contributed by atoms with Crippen LogP contribution in [0.2, 0.25) is 0 Å². The van der Waals surface area contributed by atoms with E-state index in [1.165, 1.54) is 4.57 Å². The number of amides is 1. The lowest BCUT2D eigenvalue weighted by Crippen LogP contribution is -2.21. The van der Waals surface area contributed by atoms with Crippen LogP contribution in [-0.4, -0.2) is 26.8 Å². The highest BCUT2D eigenvalue weighted by Gasteiger charge is 2.10. The Morgan fingerprint density at radius 2 is 2.14 bits per heavy atom. The van der Waals surface area contributed by atoms with E-state index >= 15 is 0 Å². The number of H-pyrrole nitrogens is 1. The van der Waals surface area contributed by atoms with E-state index in [0.29, 0.717) is 12.1 Å². The zero-order valence-electron chi connectivity index (χ0n) is 11.7. The van der Waals surface area contributed by atoms with Crippen molar-refractivity contribution in [2.75, 3.05) is 0 Å². The van der Waals surface area contributed by atoms with Gasteiger partial charge in [-0.2, -0.15) is 5.10 Å². The van der Waals surface area contributed by atoms with Crippen molar-refractivity contribution in [3.63, 3.8) is 0 Å². The molecule has 8 heteroatoms. The minimum Gasteiger partial charge on any atom is -0.494 e. The van der Waals surface area contributed by atoms with Gasteiger partial charge in [-0.05, 0) is 31.3 Å². The van der Waals surface area contributed by atoms with Gasteiger partial charge in [0.05, 0.1) is 6.21 Å².